The number of amides is 1. The Labute approximate surface area is 139 Å². The van der Waals surface area contributed by atoms with E-state index in [1.165, 1.54) is 0 Å². The summed E-state index contributed by atoms with van der Waals surface area (Å²) in [5, 5.41) is 0. The van der Waals surface area contributed by atoms with Gasteiger partial charge in [0, 0.05) is 31.9 Å². The summed E-state index contributed by atoms with van der Waals surface area (Å²) in [6.45, 7) is 9.07. The van der Waals surface area contributed by atoms with Crippen LogP contribution in [0.2, 0.25) is 0 Å². The number of rotatable bonds is 7. The zero-order chi connectivity index (χ0) is 16.7. The fraction of sp³-hybridized carbons (Fsp3) is 0.611. The minimum atomic E-state index is 0.139. The van der Waals surface area contributed by atoms with Crippen molar-refractivity contribution < 1.29 is 9.53 Å². The maximum Gasteiger partial charge on any atom is 0.226 e. The van der Waals surface area contributed by atoms with E-state index in [2.05, 4.69) is 4.90 Å². The van der Waals surface area contributed by atoms with Crippen LogP contribution in [0.4, 0.5) is 5.69 Å². The highest BCUT2D eigenvalue weighted by atomic mass is 16.5. The van der Waals surface area contributed by atoms with E-state index in [4.69, 9.17) is 10.5 Å². The Morgan fingerprint density at radius 3 is 2.65 bits per heavy atom. The van der Waals surface area contributed by atoms with Crippen LogP contribution in [-0.4, -0.2) is 55.0 Å². The molecule has 5 heteroatoms. The van der Waals surface area contributed by atoms with Gasteiger partial charge in [-0.1, -0.05) is 0 Å². The number of benzene rings is 1. The van der Waals surface area contributed by atoms with Gasteiger partial charge in [0.1, 0.15) is 12.4 Å². The molecule has 2 rings (SSSR count). The van der Waals surface area contributed by atoms with E-state index in [1.807, 2.05) is 43.0 Å². The van der Waals surface area contributed by atoms with E-state index in [-0.39, 0.29) is 5.92 Å². The molecule has 0 aromatic heterocycles. The van der Waals surface area contributed by atoms with Gasteiger partial charge < -0.3 is 15.4 Å². The van der Waals surface area contributed by atoms with E-state index in [9.17, 15) is 4.79 Å². The van der Waals surface area contributed by atoms with E-state index >= 15 is 0 Å². The minimum absolute atomic E-state index is 0.139. The Morgan fingerprint density at radius 2 is 2.00 bits per heavy atom. The molecule has 5 nitrogen and oxygen atoms in total. The molecule has 1 atom stereocenters. The summed E-state index contributed by atoms with van der Waals surface area (Å²) in [7, 11) is 0. The molecular weight excluding hydrogens is 290 g/mol. The van der Waals surface area contributed by atoms with Crippen LogP contribution in [0, 0.1) is 5.92 Å². The van der Waals surface area contributed by atoms with Gasteiger partial charge in [-0.3, -0.25) is 9.69 Å². The number of carbonyl (C=O) groups excluding carboxylic acids is 1. The van der Waals surface area contributed by atoms with E-state index in [1.54, 1.807) is 0 Å². The summed E-state index contributed by atoms with van der Waals surface area (Å²) in [5.41, 5.74) is 6.41. The number of ether oxygens (including phenoxy) is 1. The lowest BCUT2D eigenvalue weighted by molar-refractivity contribution is -0.137. The van der Waals surface area contributed by atoms with Gasteiger partial charge in [-0.2, -0.15) is 0 Å². The van der Waals surface area contributed by atoms with Gasteiger partial charge in [0.2, 0.25) is 5.91 Å². The van der Waals surface area contributed by atoms with Gasteiger partial charge in [0.15, 0.2) is 0 Å². The largest absolute Gasteiger partial charge is 0.492 e. The first-order valence-corrected chi connectivity index (χ1v) is 8.63. The number of carbonyl (C=O) groups is 1. The van der Waals surface area contributed by atoms with Crippen LogP contribution >= 0.6 is 0 Å². The first-order chi connectivity index (χ1) is 11.1. The van der Waals surface area contributed by atoms with Gasteiger partial charge >= 0.3 is 0 Å². The van der Waals surface area contributed by atoms with Gasteiger partial charge in [-0.05, 0) is 57.5 Å². The molecule has 1 aromatic carbocycles. The Morgan fingerprint density at radius 1 is 1.30 bits per heavy atom. The minimum Gasteiger partial charge on any atom is -0.492 e. The predicted octanol–water partition coefficient (Wildman–Crippen LogP) is 2.23. The topological polar surface area (TPSA) is 58.8 Å². The third-order valence-corrected chi connectivity index (χ3v) is 4.49. The second kappa shape index (κ2) is 8.77. The third kappa shape index (κ3) is 5.13. The van der Waals surface area contributed by atoms with Crippen LogP contribution in [0.3, 0.4) is 0 Å². The van der Waals surface area contributed by atoms with Gasteiger partial charge in [0.25, 0.3) is 0 Å². The average molecular weight is 319 g/mol. The van der Waals surface area contributed by atoms with Gasteiger partial charge in [-0.25, -0.2) is 0 Å². The maximum absolute atomic E-state index is 12.5. The first kappa shape index (κ1) is 17.6. The zero-order valence-corrected chi connectivity index (χ0v) is 14.3. The first-order valence-electron chi connectivity index (χ1n) is 8.63. The van der Waals surface area contributed by atoms with Gasteiger partial charge in [-0.15, -0.1) is 0 Å². The fourth-order valence-corrected chi connectivity index (χ4v) is 3.11. The molecule has 23 heavy (non-hydrogen) atoms. The summed E-state index contributed by atoms with van der Waals surface area (Å²) >= 11 is 0. The van der Waals surface area contributed by atoms with Crippen molar-refractivity contribution in [3.63, 3.8) is 0 Å². The van der Waals surface area contributed by atoms with Crippen molar-refractivity contribution in [1.82, 2.24) is 9.80 Å². The lowest BCUT2D eigenvalue weighted by Gasteiger charge is -2.34. The number of nitrogens with two attached hydrogens (primary N) is 1. The molecule has 0 spiro atoms. The Bertz CT molecular complexity index is 486. The normalized spacial score (nSPS) is 18.6. The predicted molar refractivity (Wildman–Crippen MR) is 93.4 cm³/mol. The summed E-state index contributed by atoms with van der Waals surface area (Å²) in [6, 6.07) is 7.46. The highest BCUT2D eigenvalue weighted by molar-refractivity contribution is 5.79. The quantitative estimate of drug-likeness (QED) is 0.783. The number of nitrogen functional groups attached to an aromatic ring is 1. The highest BCUT2D eigenvalue weighted by Gasteiger charge is 2.28. The Kier molecular flexibility index (Phi) is 6.71. The number of hydrogen-bond donors (Lipinski definition) is 1. The van der Waals surface area contributed by atoms with Crippen LogP contribution in [-0.2, 0) is 4.79 Å². The zero-order valence-electron chi connectivity index (χ0n) is 14.3. The number of piperidine rings is 1. The molecule has 1 amide bonds. The van der Waals surface area contributed by atoms with Crippen molar-refractivity contribution in [2.24, 2.45) is 5.92 Å². The standard InChI is InChI=1S/C18H29N3O2/c1-3-21(4-2)18(22)15-6-5-11-20(14-15)12-13-23-17-9-7-16(19)8-10-17/h7-10,15H,3-6,11-14,19H2,1-2H3. The molecule has 1 saturated heterocycles. The van der Waals surface area contributed by atoms with Crippen molar-refractivity contribution in [2.45, 2.75) is 26.7 Å². The monoisotopic (exact) mass is 319 g/mol. The molecule has 1 fully saturated rings. The van der Waals surface area contributed by atoms with Crippen molar-refractivity contribution in [3.05, 3.63) is 24.3 Å². The molecule has 0 aliphatic carbocycles. The molecule has 1 aromatic rings. The Hall–Kier alpha value is -1.75. The van der Waals surface area contributed by atoms with Crippen LogP contribution in [0.15, 0.2) is 24.3 Å². The number of likely N-dealkylation sites (tertiary alicyclic amines) is 1. The SMILES string of the molecule is CCN(CC)C(=O)C1CCCN(CCOc2ccc(N)cc2)C1. The molecule has 2 N–H and O–H groups in total. The lowest BCUT2D eigenvalue weighted by atomic mass is 9.96. The summed E-state index contributed by atoms with van der Waals surface area (Å²) < 4.78 is 5.76. The van der Waals surface area contributed by atoms with Gasteiger partial charge in [0.05, 0.1) is 5.92 Å². The fourth-order valence-electron chi connectivity index (χ4n) is 3.11. The highest BCUT2D eigenvalue weighted by Crippen LogP contribution is 2.19. The Balaban J connectivity index is 1.77. The summed E-state index contributed by atoms with van der Waals surface area (Å²) in [4.78, 5) is 16.8. The molecule has 128 valence electrons. The number of anilines is 1. The third-order valence-electron chi connectivity index (χ3n) is 4.49. The molecule has 0 bridgehead atoms. The molecular formula is C18H29N3O2. The lowest BCUT2D eigenvalue weighted by Crippen LogP contribution is -2.45. The van der Waals surface area contributed by atoms with Crippen LogP contribution in [0.5, 0.6) is 5.75 Å². The van der Waals surface area contributed by atoms with E-state index < -0.39 is 0 Å². The maximum atomic E-state index is 12.5. The van der Waals surface area contributed by atoms with E-state index in [0.29, 0.717) is 12.5 Å². The smallest absolute Gasteiger partial charge is 0.226 e. The molecule has 0 radical (unpaired) electrons. The molecule has 1 unspecified atom stereocenters. The second-order valence-corrected chi connectivity index (χ2v) is 6.07. The van der Waals surface area contributed by atoms with E-state index in [0.717, 1.165) is 57.0 Å². The summed E-state index contributed by atoms with van der Waals surface area (Å²) in [6.07, 6.45) is 2.09. The van der Waals surface area contributed by atoms with Crippen molar-refractivity contribution in [2.75, 3.05) is 45.1 Å². The van der Waals surface area contributed by atoms with Crippen molar-refractivity contribution in [1.29, 1.82) is 0 Å². The molecule has 1 heterocycles. The molecule has 1 aliphatic heterocycles. The van der Waals surface area contributed by atoms with Crippen LogP contribution < -0.4 is 10.5 Å². The second-order valence-electron chi connectivity index (χ2n) is 6.07. The average Bonchev–Trinajstić information content (AvgIpc) is 2.58. The summed E-state index contributed by atoms with van der Waals surface area (Å²) in [5.74, 6) is 1.28. The molecule has 0 saturated carbocycles. The number of hydrogen-bond acceptors (Lipinski definition) is 4. The van der Waals surface area contributed by atoms with Crippen molar-refractivity contribution in [3.8, 4) is 5.75 Å². The van der Waals surface area contributed by atoms with Crippen molar-refractivity contribution >= 4 is 11.6 Å². The number of nitrogens with zero attached hydrogens (tertiary/aromatic N) is 2. The van der Waals surface area contributed by atoms with Crippen LogP contribution in [0.1, 0.15) is 26.7 Å². The van der Waals surface area contributed by atoms with Crippen LogP contribution in [0.25, 0.3) is 0 Å². The molecule has 1 aliphatic rings.